The van der Waals surface area contributed by atoms with Gasteiger partial charge in [0.05, 0.1) is 6.20 Å². The van der Waals surface area contributed by atoms with Gasteiger partial charge in [-0.2, -0.15) is 20.5 Å². The molecule has 1 rings (SSSR count). The number of hydrogen-bond acceptors (Lipinski definition) is 5. The fraction of sp³-hybridized carbons (Fsp3) is 0.545. The topological polar surface area (TPSA) is 54.4 Å². The average Bonchev–Trinajstić information content (AvgIpc) is 2.35. The van der Waals surface area contributed by atoms with Gasteiger partial charge in [-0.25, -0.2) is 4.98 Å². The Bertz CT molecular complexity index is 325. The molecule has 18 heavy (non-hydrogen) atoms. The van der Waals surface area contributed by atoms with Gasteiger partial charge in [0.1, 0.15) is 11.6 Å². The Morgan fingerprint density at radius 3 is 2.83 bits per heavy atom. The van der Waals surface area contributed by atoms with E-state index in [1.807, 2.05) is 0 Å². The summed E-state index contributed by atoms with van der Waals surface area (Å²) < 4.78 is 28.0. The van der Waals surface area contributed by atoms with Crippen molar-refractivity contribution in [2.75, 3.05) is 30.0 Å². The van der Waals surface area contributed by atoms with Gasteiger partial charge in [-0.1, -0.05) is 0 Å². The number of pyridine rings is 1. The van der Waals surface area contributed by atoms with Crippen LogP contribution in [0.1, 0.15) is 6.42 Å². The van der Waals surface area contributed by atoms with Crippen LogP contribution in [0.15, 0.2) is 18.3 Å². The molecule has 0 aromatic carbocycles. The van der Waals surface area contributed by atoms with Crippen LogP contribution in [0.2, 0.25) is 0 Å². The predicted molar refractivity (Wildman–Crippen MR) is 68.4 cm³/mol. The van der Waals surface area contributed by atoms with E-state index in [1.165, 1.54) is 12.3 Å². The van der Waals surface area contributed by atoms with Crippen molar-refractivity contribution in [3.8, 4) is 5.75 Å². The standard InChI is InChI=1S/C11H16F2N2O2S/c12-11(13)17-9-2-3-10(15-8-9)14-4-7-18-6-1-5-16/h2-3,8,11,16H,1,4-7H2,(H,14,15). The highest BCUT2D eigenvalue weighted by Gasteiger charge is 2.03. The molecule has 0 unspecified atom stereocenters. The van der Waals surface area contributed by atoms with Gasteiger partial charge in [0, 0.05) is 18.9 Å². The number of aromatic nitrogens is 1. The molecule has 0 amide bonds. The molecule has 1 heterocycles. The molecule has 1 aromatic rings. The largest absolute Gasteiger partial charge is 0.433 e. The van der Waals surface area contributed by atoms with Crippen molar-refractivity contribution in [2.24, 2.45) is 0 Å². The van der Waals surface area contributed by atoms with Gasteiger partial charge in [-0.3, -0.25) is 0 Å². The van der Waals surface area contributed by atoms with Gasteiger partial charge in [0.15, 0.2) is 0 Å². The van der Waals surface area contributed by atoms with Gasteiger partial charge in [0.25, 0.3) is 0 Å². The van der Waals surface area contributed by atoms with E-state index in [0.29, 0.717) is 5.82 Å². The molecule has 0 aliphatic rings. The van der Waals surface area contributed by atoms with E-state index in [1.54, 1.807) is 17.8 Å². The number of anilines is 1. The number of thioether (sulfide) groups is 1. The molecule has 0 fully saturated rings. The monoisotopic (exact) mass is 278 g/mol. The van der Waals surface area contributed by atoms with E-state index in [-0.39, 0.29) is 12.4 Å². The summed E-state index contributed by atoms with van der Waals surface area (Å²) in [6, 6.07) is 3.04. The molecule has 0 aliphatic heterocycles. The third-order valence-electron chi connectivity index (χ3n) is 1.96. The number of alkyl halides is 2. The van der Waals surface area contributed by atoms with E-state index in [4.69, 9.17) is 5.11 Å². The first-order valence-corrected chi connectivity index (χ1v) is 6.71. The van der Waals surface area contributed by atoms with E-state index in [0.717, 1.165) is 24.5 Å². The molecule has 0 atom stereocenters. The van der Waals surface area contributed by atoms with Gasteiger partial charge >= 0.3 is 6.61 Å². The lowest BCUT2D eigenvalue weighted by atomic mass is 10.4. The number of nitrogens with zero attached hydrogens (tertiary/aromatic N) is 1. The molecular weight excluding hydrogens is 262 g/mol. The number of rotatable bonds is 9. The van der Waals surface area contributed by atoms with Crippen molar-refractivity contribution in [3.05, 3.63) is 18.3 Å². The van der Waals surface area contributed by atoms with E-state index in [2.05, 4.69) is 15.0 Å². The van der Waals surface area contributed by atoms with Crippen LogP contribution < -0.4 is 10.1 Å². The minimum absolute atomic E-state index is 0.0490. The second-order valence-corrected chi connectivity index (χ2v) is 4.60. The molecular formula is C11H16F2N2O2S. The number of ether oxygens (including phenoxy) is 1. The van der Waals surface area contributed by atoms with Crippen LogP contribution in [0.25, 0.3) is 0 Å². The van der Waals surface area contributed by atoms with E-state index < -0.39 is 6.61 Å². The van der Waals surface area contributed by atoms with Crippen molar-refractivity contribution in [2.45, 2.75) is 13.0 Å². The van der Waals surface area contributed by atoms with Crippen LogP contribution >= 0.6 is 11.8 Å². The fourth-order valence-electron chi connectivity index (χ4n) is 1.18. The number of aliphatic hydroxyl groups excluding tert-OH is 1. The Morgan fingerprint density at radius 2 is 2.22 bits per heavy atom. The minimum atomic E-state index is -2.83. The summed E-state index contributed by atoms with van der Waals surface area (Å²) in [4.78, 5) is 3.95. The molecule has 0 bridgehead atoms. The van der Waals surface area contributed by atoms with Crippen LogP contribution in [0.5, 0.6) is 5.75 Å². The summed E-state index contributed by atoms with van der Waals surface area (Å²) in [5.41, 5.74) is 0. The number of aliphatic hydroxyl groups is 1. The molecule has 0 spiro atoms. The third-order valence-corrected chi connectivity index (χ3v) is 3.03. The third kappa shape index (κ3) is 6.61. The molecule has 1 aromatic heterocycles. The smallest absolute Gasteiger partial charge is 0.387 e. The number of hydrogen-bond donors (Lipinski definition) is 2. The maximum absolute atomic E-state index is 11.9. The Morgan fingerprint density at radius 1 is 1.39 bits per heavy atom. The maximum Gasteiger partial charge on any atom is 0.387 e. The zero-order chi connectivity index (χ0) is 13.2. The van der Waals surface area contributed by atoms with Crippen LogP contribution in [0, 0.1) is 0 Å². The first-order chi connectivity index (χ1) is 8.72. The molecule has 7 heteroatoms. The van der Waals surface area contributed by atoms with E-state index >= 15 is 0 Å². The molecule has 0 aliphatic carbocycles. The Kier molecular flexibility index (Phi) is 7.43. The highest BCUT2D eigenvalue weighted by atomic mass is 32.2. The highest BCUT2D eigenvalue weighted by Crippen LogP contribution is 2.14. The van der Waals surface area contributed by atoms with Crippen LogP contribution in [-0.4, -0.2) is 41.4 Å². The molecule has 102 valence electrons. The quantitative estimate of drug-likeness (QED) is 0.678. The minimum Gasteiger partial charge on any atom is -0.433 e. The van der Waals surface area contributed by atoms with Crippen molar-refractivity contribution in [1.82, 2.24) is 4.98 Å². The lowest BCUT2D eigenvalue weighted by Crippen LogP contribution is -2.07. The van der Waals surface area contributed by atoms with Crippen molar-refractivity contribution < 1.29 is 18.6 Å². The van der Waals surface area contributed by atoms with Gasteiger partial charge in [0.2, 0.25) is 0 Å². The lowest BCUT2D eigenvalue weighted by molar-refractivity contribution is -0.0500. The summed E-state index contributed by atoms with van der Waals surface area (Å²) in [7, 11) is 0. The number of nitrogens with one attached hydrogen (secondary N) is 1. The van der Waals surface area contributed by atoms with Crippen LogP contribution in [0.4, 0.5) is 14.6 Å². The van der Waals surface area contributed by atoms with Gasteiger partial charge < -0.3 is 15.2 Å². The molecule has 0 radical (unpaired) electrons. The SMILES string of the molecule is OCCCSCCNc1ccc(OC(F)F)cn1. The first kappa shape index (κ1) is 15.0. The molecule has 4 nitrogen and oxygen atoms in total. The first-order valence-electron chi connectivity index (χ1n) is 5.55. The number of halogens is 2. The molecule has 0 saturated carbocycles. The Balaban J connectivity index is 2.18. The van der Waals surface area contributed by atoms with Crippen molar-refractivity contribution in [1.29, 1.82) is 0 Å². The van der Waals surface area contributed by atoms with Crippen molar-refractivity contribution in [3.63, 3.8) is 0 Å². The zero-order valence-corrected chi connectivity index (χ0v) is 10.6. The van der Waals surface area contributed by atoms with E-state index in [9.17, 15) is 8.78 Å². The van der Waals surface area contributed by atoms with Gasteiger partial charge in [-0.05, 0) is 24.3 Å². The van der Waals surface area contributed by atoms with Crippen LogP contribution in [0.3, 0.4) is 0 Å². The van der Waals surface area contributed by atoms with Crippen LogP contribution in [-0.2, 0) is 0 Å². The zero-order valence-electron chi connectivity index (χ0n) is 9.81. The Labute approximate surface area is 109 Å². The maximum atomic E-state index is 11.9. The second-order valence-electron chi connectivity index (χ2n) is 3.37. The summed E-state index contributed by atoms with van der Waals surface area (Å²) in [5, 5.41) is 11.6. The summed E-state index contributed by atoms with van der Waals surface area (Å²) in [6.45, 7) is -1.88. The van der Waals surface area contributed by atoms with Crippen molar-refractivity contribution >= 4 is 17.6 Å². The molecule has 0 saturated heterocycles. The summed E-state index contributed by atoms with van der Waals surface area (Å²) >= 11 is 1.73. The summed E-state index contributed by atoms with van der Waals surface area (Å²) in [6.07, 6.45) is 2.05. The average molecular weight is 278 g/mol. The Hall–Kier alpha value is -1.08. The van der Waals surface area contributed by atoms with Gasteiger partial charge in [-0.15, -0.1) is 0 Å². The normalized spacial score (nSPS) is 10.7. The fourth-order valence-corrected chi connectivity index (χ4v) is 1.96. The predicted octanol–water partition coefficient (Wildman–Crippen LogP) is 2.21. The highest BCUT2D eigenvalue weighted by molar-refractivity contribution is 7.99. The molecule has 2 N–H and O–H groups in total. The lowest BCUT2D eigenvalue weighted by Gasteiger charge is -2.07. The summed E-state index contributed by atoms with van der Waals surface area (Å²) in [5.74, 6) is 2.50. The second kappa shape index (κ2) is 8.93.